The Morgan fingerprint density at radius 3 is 2.15 bits per heavy atom. The van der Waals surface area contributed by atoms with Crippen LogP contribution < -0.4 is 4.74 Å². The lowest BCUT2D eigenvalue weighted by atomic mass is 9.82. The number of aryl methyl sites for hydroxylation is 2. The molecule has 0 saturated carbocycles. The van der Waals surface area contributed by atoms with Crippen LogP contribution >= 0.6 is 23.4 Å². The number of rotatable bonds is 9. The average molecular weight is 580 g/mol. The molecule has 0 bridgehead atoms. The first-order chi connectivity index (χ1) is 18.9. The largest absolute Gasteiger partial charge is 0.478 e. The van der Waals surface area contributed by atoms with E-state index in [9.17, 15) is 19.5 Å². The molecule has 3 aromatic rings. The number of ether oxygens (including phenoxy) is 1. The van der Waals surface area contributed by atoms with Crippen molar-refractivity contribution in [1.82, 2.24) is 4.90 Å². The van der Waals surface area contributed by atoms with Crippen molar-refractivity contribution in [3.05, 3.63) is 93.5 Å². The molecule has 1 fully saturated rings. The summed E-state index contributed by atoms with van der Waals surface area (Å²) in [6.45, 7) is 7.51. The molecule has 1 N–H and O–H groups in total. The molecular formula is C32H34ClNO5S. The fourth-order valence-corrected chi connectivity index (χ4v) is 5.66. The van der Waals surface area contributed by atoms with E-state index < -0.39 is 17.5 Å². The minimum Gasteiger partial charge on any atom is -0.478 e. The number of likely N-dealkylation sites (tertiary alicyclic amines) is 1. The van der Waals surface area contributed by atoms with Gasteiger partial charge in [0.2, 0.25) is 5.91 Å². The van der Waals surface area contributed by atoms with E-state index in [-0.39, 0.29) is 24.0 Å². The lowest BCUT2D eigenvalue weighted by Gasteiger charge is -2.26. The van der Waals surface area contributed by atoms with Gasteiger partial charge >= 0.3 is 5.97 Å². The summed E-state index contributed by atoms with van der Waals surface area (Å²) in [5, 5.41) is 10.2. The Morgan fingerprint density at radius 1 is 1.00 bits per heavy atom. The Bertz CT molecular complexity index is 1400. The second kappa shape index (κ2) is 12.1. The van der Waals surface area contributed by atoms with Crippen molar-refractivity contribution >= 4 is 41.0 Å². The first-order valence-corrected chi connectivity index (χ1v) is 14.7. The number of benzene rings is 3. The van der Waals surface area contributed by atoms with E-state index >= 15 is 0 Å². The van der Waals surface area contributed by atoms with Gasteiger partial charge in [-0.1, -0.05) is 48.0 Å². The number of carbonyl (C=O) groups excluding carboxylic acids is 2. The first-order valence-electron chi connectivity index (χ1n) is 13.1. The molecule has 8 heteroatoms. The number of hydrogen-bond acceptors (Lipinski definition) is 5. The monoisotopic (exact) mass is 579 g/mol. The number of amides is 1. The number of thioether (sulfide) groups is 1. The molecule has 0 aromatic heterocycles. The van der Waals surface area contributed by atoms with E-state index in [2.05, 4.69) is 0 Å². The van der Waals surface area contributed by atoms with Crippen LogP contribution in [-0.4, -0.2) is 52.6 Å². The number of carbonyl (C=O) groups is 3. The van der Waals surface area contributed by atoms with E-state index in [1.54, 1.807) is 28.8 Å². The summed E-state index contributed by atoms with van der Waals surface area (Å²) in [5.74, 6) is -1.23. The topological polar surface area (TPSA) is 83.9 Å². The number of halogens is 1. The highest BCUT2D eigenvalue weighted by Crippen LogP contribution is 2.39. The molecule has 1 aliphatic heterocycles. The summed E-state index contributed by atoms with van der Waals surface area (Å²) >= 11 is 7.62. The van der Waals surface area contributed by atoms with Crippen LogP contribution in [0.4, 0.5) is 0 Å². The third kappa shape index (κ3) is 6.53. The molecular weight excluding hydrogens is 546 g/mol. The van der Waals surface area contributed by atoms with Crippen LogP contribution in [0, 0.1) is 19.8 Å². The van der Waals surface area contributed by atoms with Gasteiger partial charge in [-0.05, 0) is 80.5 Å². The van der Waals surface area contributed by atoms with Crippen molar-refractivity contribution in [1.29, 1.82) is 0 Å². The number of hydrogen-bond donors (Lipinski definition) is 1. The highest BCUT2D eigenvalue weighted by Gasteiger charge is 2.41. The van der Waals surface area contributed by atoms with Gasteiger partial charge in [0.1, 0.15) is 5.75 Å². The Morgan fingerprint density at radius 2 is 1.60 bits per heavy atom. The van der Waals surface area contributed by atoms with Crippen molar-refractivity contribution in [2.45, 2.75) is 50.5 Å². The van der Waals surface area contributed by atoms with E-state index in [0.29, 0.717) is 29.4 Å². The molecule has 0 spiro atoms. The van der Waals surface area contributed by atoms with Crippen LogP contribution in [0.1, 0.15) is 52.4 Å². The molecule has 0 aliphatic carbocycles. The summed E-state index contributed by atoms with van der Waals surface area (Å²) in [6.07, 6.45) is 2.21. The van der Waals surface area contributed by atoms with Crippen molar-refractivity contribution < 1.29 is 24.2 Å². The van der Waals surface area contributed by atoms with Gasteiger partial charge in [0.25, 0.3) is 0 Å². The Balaban J connectivity index is 1.66. The first kappa shape index (κ1) is 29.7. The van der Waals surface area contributed by atoms with E-state index in [1.807, 2.05) is 68.6 Å². The van der Waals surface area contributed by atoms with Crippen LogP contribution in [-0.2, 0) is 16.0 Å². The fourth-order valence-electron chi connectivity index (χ4n) is 5.13. The highest BCUT2D eigenvalue weighted by molar-refractivity contribution is 7.98. The highest BCUT2D eigenvalue weighted by atomic mass is 35.5. The lowest BCUT2D eigenvalue weighted by molar-refractivity contribution is -0.152. The number of carboxylic acids is 1. The fraction of sp³-hybridized carbons (Fsp3) is 0.344. The number of aliphatic carboxylic acids is 1. The molecule has 210 valence electrons. The quantitative estimate of drug-likeness (QED) is 0.227. The third-order valence-electron chi connectivity index (χ3n) is 7.44. The third-order valence-corrected chi connectivity index (χ3v) is 8.43. The van der Waals surface area contributed by atoms with Crippen molar-refractivity contribution in [2.75, 3.05) is 19.3 Å². The molecule has 3 aromatic carbocycles. The van der Waals surface area contributed by atoms with Crippen LogP contribution in [0.5, 0.6) is 5.75 Å². The lowest BCUT2D eigenvalue weighted by Crippen LogP contribution is -2.38. The van der Waals surface area contributed by atoms with Crippen LogP contribution in [0.3, 0.4) is 0 Å². The summed E-state index contributed by atoms with van der Waals surface area (Å²) in [5.41, 5.74) is 2.59. The molecule has 6 nitrogen and oxygen atoms in total. The second-order valence-corrected chi connectivity index (χ2v) is 12.1. The van der Waals surface area contributed by atoms with Crippen LogP contribution in [0.2, 0.25) is 5.02 Å². The Hall–Kier alpha value is -3.29. The van der Waals surface area contributed by atoms with Crippen molar-refractivity contribution in [3.63, 3.8) is 0 Å². The second-order valence-electron chi connectivity index (χ2n) is 10.8. The zero-order valence-corrected chi connectivity index (χ0v) is 24.9. The summed E-state index contributed by atoms with van der Waals surface area (Å²) < 4.78 is 5.90. The van der Waals surface area contributed by atoms with Crippen LogP contribution in [0.25, 0.3) is 0 Å². The van der Waals surface area contributed by atoms with Gasteiger partial charge in [0.05, 0.1) is 6.42 Å². The van der Waals surface area contributed by atoms with Gasteiger partial charge in [0, 0.05) is 40.4 Å². The average Bonchev–Trinajstić information content (AvgIpc) is 3.37. The maximum Gasteiger partial charge on any atom is 0.347 e. The number of nitrogens with zero attached hydrogens (tertiary/aromatic N) is 1. The van der Waals surface area contributed by atoms with Crippen molar-refractivity contribution in [3.8, 4) is 5.75 Å². The maximum absolute atomic E-state index is 13.8. The normalized spacial score (nSPS) is 17.1. The summed E-state index contributed by atoms with van der Waals surface area (Å²) in [7, 11) is 0. The summed E-state index contributed by atoms with van der Waals surface area (Å²) in [6, 6.07) is 18.7. The zero-order valence-electron chi connectivity index (χ0n) is 23.4. The van der Waals surface area contributed by atoms with Gasteiger partial charge < -0.3 is 14.7 Å². The van der Waals surface area contributed by atoms with Gasteiger partial charge in [-0.2, -0.15) is 0 Å². The molecule has 0 unspecified atom stereocenters. The Labute approximate surface area is 244 Å². The SMILES string of the molecule is CSc1ccc(C(=O)[C@H]2CN(C(=O)Cc3ccc(Cl)cc3)C[C@@H]2c2cc(C)c(OC(C)(C)C(=O)O)c(C)c2)cc1. The van der Waals surface area contributed by atoms with Gasteiger partial charge in [-0.25, -0.2) is 4.79 Å². The molecule has 1 heterocycles. The van der Waals surface area contributed by atoms with Gasteiger partial charge in [-0.3, -0.25) is 9.59 Å². The van der Waals surface area contributed by atoms with Gasteiger partial charge in [0.15, 0.2) is 11.4 Å². The molecule has 0 radical (unpaired) electrons. The predicted octanol–water partition coefficient (Wildman–Crippen LogP) is 6.59. The Kier molecular flexibility index (Phi) is 8.96. The number of Topliss-reactive ketones (excluding diaryl/α,β-unsaturated/α-hetero) is 1. The minimum absolute atomic E-state index is 0.00193. The van der Waals surface area contributed by atoms with E-state index in [1.165, 1.54) is 13.8 Å². The zero-order chi connectivity index (χ0) is 29.2. The molecule has 40 heavy (non-hydrogen) atoms. The smallest absolute Gasteiger partial charge is 0.347 e. The van der Waals surface area contributed by atoms with E-state index in [4.69, 9.17) is 16.3 Å². The molecule has 1 saturated heterocycles. The van der Waals surface area contributed by atoms with E-state index in [0.717, 1.165) is 27.1 Å². The minimum atomic E-state index is -1.39. The molecule has 4 rings (SSSR count). The molecule has 1 aliphatic rings. The number of ketones is 1. The maximum atomic E-state index is 13.8. The molecule has 1 amide bonds. The van der Waals surface area contributed by atoms with Crippen LogP contribution in [0.15, 0.2) is 65.6 Å². The predicted molar refractivity (Wildman–Crippen MR) is 159 cm³/mol. The molecule has 2 atom stereocenters. The van der Waals surface area contributed by atoms with Crippen molar-refractivity contribution in [2.24, 2.45) is 5.92 Å². The van der Waals surface area contributed by atoms with Gasteiger partial charge in [-0.15, -0.1) is 11.8 Å². The number of carboxylic acid groups (broad SMARTS) is 1. The summed E-state index contributed by atoms with van der Waals surface area (Å²) in [4.78, 5) is 41.7. The standard InChI is InChI=1S/C32H34ClNO5S/c1-19-14-23(15-20(2)30(19)39-32(3,4)31(37)38)26-17-34(28(35)16-21-6-10-24(33)11-7-21)18-27(26)29(36)22-8-12-25(40-5)13-9-22/h6-15,26-27H,16-18H2,1-5H3,(H,37,38)/t26-,27+/m1/s1.